The first-order valence-corrected chi connectivity index (χ1v) is 6.06. The molecule has 17 heavy (non-hydrogen) atoms. The molecule has 0 unspecified atom stereocenters. The van der Waals surface area contributed by atoms with Gasteiger partial charge in [-0.15, -0.1) is 5.10 Å². The first-order chi connectivity index (χ1) is 8.25. The summed E-state index contributed by atoms with van der Waals surface area (Å²) in [5.74, 6) is 0.627. The lowest BCUT2D eigenvalue weighted by atomic mass is 10.1. The highest BCUT2D eigenvalue weighted by Crippen LogP contribution is 2.09. The van der Waals surface area contributed by atoms with E-state index in [-0.39, 0.29) is 0 Å². The van der Waals surface area contributed by atoms with Crippen LogP contribution < -0.4 is 10.6 Å². The largest absolute Gasteiger partial charge is 0.353 e. The summed E-state index contributed by atoms with van der Waals surface area (Å²) < 4.78 is 0. The average Bonchev–Trinajstić information content (AvgIpc) is 2.35. The monoisotopic (exact) mass is 233 g/mol. The van der Waals surface area contributed by atoms with Gasteiger partial charge < -0.3 is 10.6 Å². The fourth-order valence-corrected chi connectivity index (χ4v) is 1.76. The fraction of sp³-hybridized carbons (Fsp3) is 0.583. The van der Waals surface area contributed by atoms with Crippen molar-refractivity contribution < 1.29 is 0 Å². The molecule has 0 amide bonds. The van der Waals surface area contributed by atoms with Gasteiger partial charge in [-0.25, -0.2) is 4.98 Å². The van der Waals surface area contributed by atoms with Gasteiger partial charge in [-0.05, 0) is 33.2 Å². The average molecular weight is 233 g/mol. The number of nitrogens with zero attached hydrogens (tertiary/aromatic N) is 3. The van der Waals surface area contributed by atoms with Gasteiger partial charge in [0.05, 0.1) is 11.4 Å². The lowest BCUT2D eigenvalue weighted by Gasteiger charge is -2.14. The van der Waals surface area contributed by atoms with E-state index in [4.69, 9.17) is 0 Å². The molecule has 0 spiro atoms. The van der Waals surface area contributed by atoms with Crippen molar-refractivity contribution in [3.8, 4) is 0 Å². The summed E-state index contributed by atoms with van der Waals surface area (Å²) in [6, 6.07) is 0. The smallest absolute Gasteiger partial charge is 0.242 e. The van der Waals surface area contributed by atoms with Crippen molar-refractivity contribution in [2.45, 2.75) is 26.7 Å². The number of rotatable bonds is 4. The van der Waals surface area contributed by atoms with E-state index < -0.39 is 0 Å². The second-order valence-electron chi connectivity index (χ2n) is 4.30. The SMILES string of the molecule is Cc1nnc(NCCC2=CCNCC2)nc1C. The summed E-state index contributed by atoms with van der Waals surface area (Å²) in [5, 5.41) is 14.6. The molecule has 1 aromatic rings. The number of hydrogen-bond donors (Lipinski definition) is 2. The molecular formula is C12H19N5. The Labute approximate surface area is 102 Å². The number of anilines is 1. The quantitative estimate of drug-likeness (QED) is 0.765. The van der Waals surface area contributed by atoms with Crippen molar-refractivity contribution in [1.29, 1.82) is 0 Å². The van der Waals surface area contributed by atoms with E-state index in [1.165, 1.54) is 5.57 Å². The Bertz CT molecular complexity index is 413. The molecule has 0 bridgehead atoms. The molecule has 2 rings (SSSR count). The molecule has 1 aromatic heterocycles. The van der Waals surface area contributed by atoms with E-state index in [1.54, 1.807) is 0 Å². The van der Waals surface area contributed by atoms with E-state index >= 15 is 0 Å². The minimum atomic E-state index is 0.627. The van der Waals surface area contributed by atoms with E-state index in [0.29, 0.717) is 5.95 Å². The molecule has 2 heterocycles. The Hall–Kier alpha value is -1.49. The molecule has 0 atom stereocenters. The van der Waals surface area contributed by atoms with Crippen LogP contribution in [-0.4, -0.2) is 34.8 Å². The summed E-state index contributed by atoms with van der Waals surface area (Å²) in [6.07, 6.45) is 4.47. The Kier molecular flexibility index (Phi) is 4.03. The molecule has 1 aliphatic heterocycles. The maximum absolute atomic E-state index is 4.34. The van der Waals surface area contributed by atoms with Crippen LogP contribution in [0.1, 0.15) is 24.2 Å². The van der Waals surface area contributed by atoms with Crippen molar-refractivity contribution in [2.75, 3.05) is 25.0 Å². The second-order valence-corrected chi connectivity index (χ2v) is 4.30. The Balaban J connectivity index is 1.81. The number of aryl methyl sites for hydroxylation is 2. The van der Waals surface area contributed by atoms with Crippen LogP contribution in [0.4, 0.5) is 5.95 Å². The van der Waals surface area contributed by atoms with Crippen LogP contribution in [0.25, 0.3) is 0 Å². The summed E-state index contributed by atoms with van der Waals surface area (Å²) >= 11 is 0. The Morgan fingerprint density at radius 3 is 2.88 bits per heavy atom. The predicted molar refractivity (Wildman–Crippen MR) is 68.0 cm³/mol. The molecule has 0 fully saturated rings. The second kappa shape index (κ2) is 5.72. The van der Waals surface area contributed by atoms with E-state index in [1.807, 2.05) is 13.8 Å². The minimum Gasteiger partial charge on any atom is -0.353 e. The first-order valence-electron chi connectivity index (χ1n) is 6.06. The molecule has 0 saturated heterocycles. The maximum atomic E-state index is 4.34. The molecule has 5 heteroatoms. The molecule has 0 aromatic carbocycles. The van der Waals surface area contributed by atoms with Crippen molar-refractivity contribution in [1.82, 2.24) is 20.5 Å². The Morgan fingerprint density at radius 1 is 1.29 bits per heavy atom. The van der Waals surface area contributed by atoms with Gasteiger partial charge in [0.25, 0.3) is 0 Å². The van der Waals surface area contributed by atoms with Crippen LogP contribution in [0.15, 0.2) is 11.6 Å². The van der Waals surface area contributed by atoms with Gasteiger partial charge in [0.15, 0.2) is 0 Å². The van der Waals surface area contributed by atoms with Gasteiger partial charge in [-0.3, -0.25) is 0 Å². The molecule has 2 N–H and O–H groups in total. The third-order valence-electron chi connectivity index (χ3n) is 2.98. The molecule has 0 aliphatic carbocycles. The van der Waals surface area contributed by atoms with Crippen LogP contribution in [0.5, 0.6) is 0 Å². The van der Waals surface area contributed by atoms with Crippen LogP contribution >= 0.6 is 0 Å². The van der Waals surface area contributed by atoms with Gasteiger partial charge in [0, 0.05) is 13.1 Å². The van der Waals surface area contributed by atoms with Gasteiger partial charge in [-0.1, -0.05) is 11.6 Å². The zero-order chi connectivity index (χ0) is 12.1. The van der Waals surface area contributed by atoms with Gasteiger partial charge >= 0.3 is 0 Å². The highest BCUT2D eigenvalue weighted by Gasteiger charge is 2.04. The number of aromatic nitrogens is 3. The van der Waals surface area contributed by atoms with Crippen LogP contribution in [-0.2, 0) is 0 Å². The van der Waals surface area contributed by atoms with Crippen LogP contribution in [0.3, 0.4) is 0 Å². The van der Waals surface area contributed by atoms with Gasteiger partial charge in [0.1, 0.15) is 0 Å². The van der Waals surface area contributed by atoms with E-state index in [9.17, 15) is 0 Å². The number of hydrogen-bond acceptors (Lipinski definition) is 5. The van der Waals surface area contributed by atoms with Crippen molar-refractivity contribution in [2.24, 2.45) is 0 Å². The highest BCUT2D eigenvalue weighted by molar-refractivity contribution is 5.25. The predicted octanol–water partition coefficient (Wildman–Crippen LogP) is 1.21. The van der Waals surface area contributed by atoms with Crippen LogP contribution in [0.2, 0.25) is 0 Å². The topological polar surface area (TPSA) is 62.7 Å². The molecule has 1 aliphatic rings. The third kappa shape index (κ3) is 3.49. The first kappa shape index (κ1) is 12.0. The molecule has 0 saturated carbocycles. The van der Waals surface area contributed by atoms with Crippen molar-refractivity contribution >= 4 is 5.95 Å². The van der Waals surface area contributed by atoms with E-state index in [0.717, 1.165) is 43.9 Å². The van der Waals surface area contributed by atoms with Crippen LogP contribution in [0, 0.1) is 13.8 Å². The summed E-state index contributed by atoms with van der Waals surface area (Å²) in [6.45, 7) is 6.82. The molecule has 0 radical (unpaired) electrons. The van der Waals surface area contributed by atoms with Crippen molar-refractivity contribution in [3.05, 3.63) is 23.0 Å². The van der Waals surface area contributed by atoms with Gasteiger partial charge in [0.2, 0.25) is 5.95 Å². The summed E-state index contributed by atoms with van der Waals surface area (Å²) in [7, 11) is 0. The zero-order valence-electron chi connectivity index (χ0n) is 10.5. The Morgan fingerprint density at radius 2 is 2.18 bits per heavy atom. The fourth-order valence-electron chi connectivity index (χ4n) is 1.76. The third-order valence-corrected chi connectivity index (χ3v) is 2.98. The van der Waals surface area contributed by atoms with Gasteiger partial charge in [-0.2, -0.15) is 5.10 Å². The lowest BCUT2D eigenvalue weighted by Crippen LogP contribution is -2.21. The highest BCUT2D eigenvalue weighted by atomic mass is 15.2. The summed E-state index contributed by atoms with van der Waals surface area (Å²) in [4.78, 5) is 4.34. The van der Waals surface area contributed by atoms with E-state index in [2.05, 4.69) is 31.9 Å². The minimum absolute atomic E-state index is 0.627. The molecule has 92 valence electrons. The molecule has 5 nitrogen and oxygen atoms in total. The molecular weight excluding hydrogens is 214 g/mol. The lowest BCUT2D eigenvalue weighted by molar-refractivity contribution is 0.683. The number of nitrogens with one attached hydrogen (secondary N) is 2. The zero-order valence-corrected chi connectivity index (χ0v) is 10.5. The maximum Gasteiger partial charge on any atom is 0.242 e. The normalized spacial score (nSPS) is 15.5. The van der Waals surface area contributed by atoms with Crippen molar-refractivity contribution in [3.63, 3.8) is 0 Å². The summed E-state index contributed by atoms with van der Waals surface area (Å²) in [5.41, 5.74) is 3.33. The standard InChI is InChI=1S/C12H19N5/c1-9-10(2)16-17-12(15-9)14-8-5-11-3-6-13-7-4-11/h3,13H,4-8H2,1-2H3,(H,14,15,17).